The standard InChI is InChI=1S/C29H28O3P.ClH/c30-29(32-23-25-13-5-1-6-14-25)21-22-31-24-33(26-15-7-2-8-16-26,27-17-9-3-10-18-27)28-19-11-4-12-20-28;/h1-20H,21-24H2;1H/q+1;/p-1. The fourth-order valence-corrected chi connectivity index (χ4v) is 7.67. The number of ether oxygens (including phenoxy) is 2. The second-order valence-electron chi connectivity index (χ2n) is 7.75. The molecule has 0 fully saturated rings. The molecule has 0 bridgehead atoms. The zero-order valence-electron chi connectivity index (χ0n) is 18.9. The van der Waals surface area contributed by atoms with Crippen molar-refractivity contribution in [3.8, 4) is 0 Å². The van der Waals surface area contributed by atoms with Crippen LogP contribution in [0.2, 0.25) is 0 Å². The Labute approximate surface area is 208 Å². The van der Waals surface area contributed by atoms with Gasteiger partial charge in [0.2, 0.25) is 0 Å². The highest BCUT2D eigenvalue weighted by molar-refractivity contribution is 7.95. The summed E-state index contributed by atoms with van der Waals surface area (Å²) in [5, 5.41) is 3.78. The van der Waals surface area contributed by atoms with Gasteiger partial charge in [-0.2, -0.15) is 0 Å². The van der Waals surface area contributed by atoms with Gasteiger partial charge >= 0.3 is 5.97 Å². The lowest BCUT2D eigenvalue weighted by molar-refractivity contribution is -0.146. The molecule has 5 heteroatoms. The largest absolute Gasteiger partial charge is 1.00 e. The van der Waals surface area contributed by atoms with Gasteiger partial charge in [0.1, 0.15) is 29.8 Å². The molecule has 0 aromatic heterocycles. The first-order valence-electron chi connectivity index (χ1n) is 11.1. The third kappa shape index (κ3) is 6.33. The van der Waals surface area contributed by atoms with E-state index in [1.165, 1.54) is 15.9 Å². The Bertz CT molecular complexity index is 1030. The lowest BCUT2D eigenvalue weighted by Gasteiger charge is -2.27. The van der Waals surface area contributed by atoms with Crippen LogP contribution in [0.4, 0.5) is 0 Å². The first-order chi connectivity index (χ1) is 16.3. The van der Waals surface area contributed by atoms with Crippen molar-refractivity contribution >= 4 is 29.1 Å². The fourth-order valence-electron chi connectivity index (χ4n) is 3.89. The van der Waals surface area contributed by atoms with Crippen LogP contribution in [-0.4, -0.2) is 18.9 Å². The lowest BCUT2D eigenvalue weighted by Crippen LogP contribution is -3.00. The molecule has 0 atom stereocenters. The summed E-state index contributed by atoms with van der Waals surface area (Å²) in [5.41, 5.74) is 0.981. The van der Waals surface area contributed by atoms with Gasteiger partial charge in [-0.25, -0.2) is 0 Å². The van der Waals surface area contributed by atoms with E-state index in [2.05, 4.69) is 72.8 Å². The average Bonchev–Trinajstić information content (AvgIpc) is 2.90. The third-order valence-corrected chi connectivity index (χ3v) is 9.68. The number of carbonyl (C=O) groups is 1. The molecule has 0 aliphatic heterocycles. The van der Waals surface area contributed by atoms with E-state index in [0.717, 1.165) is 5.56 Å². The SMILES string of the molecule is O=C(CCOC[P+](c1ccccc1)(c1ccccc1)c1ccccc1)OCc1ccccc1.[Cl-]. The maximum atomic E-state index is 12.3. The van der Waals surface area contributed by atoms with Crippen LogP contribution >= 0.6 is 7.26 Å². The Morgan fingerprint density at radius 1 is 0.618 bits per heavy atom. The number of esters is 1. The second kappa shape index (κ2) is 13.1. The molecule has 3 nitrogen and oxygen atoms in total. The van der Waals surface area contributed by atoms with Gasteiger partial charge < -0.3 is 21.9 Å². The normalized spacial score (nSPS) is 10.8. The van der Waals surface area contributed by atoms with Crippen molar-refractivity contribution in [3.63, 3.8) is 0 Å². The van der Waals surface area contributed by atoms with Crippen molar-refractivity contribution in [1.29, 1.82) is 0 Å². The average molecular weight is 491 g/mol. The molecule has 0 amide bonds. The van der Waals surface area contributed by atoms with Gasteiger partial charge in [0.15, 0.2) is 6.35 Å². The molecular weight excluding hydrogens is 463 g/mol. The summed E-state index contributed by atoms with van der Waals surface area (Å²) >= 11 is 0. The van der Waals surface area contributed by atoms with E-state index in [1.54, 1.807) is 0 Å². The van der Waals surface area contributed by atoms with Gasteiger partial charge in [0.25, 0.3) is 0 Å². The zero-order chi connectivity index (χ0) is 22.8. The second-order valence-corrected chi connectivity index (χ2v) is 11.2. The van der Waals surface area contributed by atoms with Gasteiger partial charge in [-0.15, -0.1) is 0 Å². The van der Waals surface area contributed by atoms with Crippen LogP contribution in [0.5, 0.6) is 0 Å². The lowest BCUT2D eigenvalue weighted by atomic mass is 10.2. The zero-order valence-corrected chi connectivity index (χ0v) is 20.6. The highest BCUT2D eigenvalue weighted by atomic mass is 35.5. The Morgan fingerprint density at radius 3 is 1.47 bits per heavy atom. The predicted molar refractivity (Wildman–Crippen MR) is 137 cm³/mol. The van der Waals surface area contributed by atoms with Crippen molar-refractivity contribution in [2.75, 3.05) is 13.0 Å². The first kappa shape index (κ1) is 25.6. The topological polar surface area (TPSA) is 35.5 Å². The minimum Gasteiger partial charge on any atom is -1.00 e. The van der Waals surface area contributed by atoms with E-state index in [4.69, 9.17) is 9.47 Å². The summed E-state index contributed by atoms with van der Waals surface area (Å²) in [5.74, 6) is -0.248. The highest BCUT2D eigenvalue weighted by Crippen LogP contribution is 2.55. The summed E-state index contributed by atoms with van der Waals surface area (Å²) in [6.07, 6.45) is 0.752. The summed E-state index contributed by atoms with van der Waals surface area (Å²) in [7, 11) is -2.05. The molecule has 4 rings (SSSR count). The predicted octanol–water partition coefficient (Wildman–Crippen LogP) is 2.09. The van der Waals surface area contributed by atoms with E-state index < -0.39 is 7.26 Å². The van der Waals surface area contributed by atoms with Crippen LogP contribution < -0.4 is 28.3 Å². The summed E-state index contributed by atoms with van der Waals surface area (Å²) in [4.78, 5) is 12.3. The van der Waals surface area contributed by atoms with E-state index in [0.29, 0.717) is 13.0 Å². The molecule has 174 valence electrons. The number of halogens is 1. The number of rotatable bonds is 10. The molecule has 0 saturated carbocycles. The Hall–Kier alpha value is -2.97. The summed E-state index contributed by atoms with van der Waals surface area (Å²) in [6, 6.07) is 41.4. The smallest absolute Gasteiger partial charge is 0.308 e. The van der Waals surface area contributed by atoms with E-state index in [1.807, 2.05) is 48.5 Å². The molecular formula is C29H28ClO3P. The van der Waals surface area contributed by atoms with Gasteiger partial charge in [-0.3, -0.25) is 4.79 Å². The molecule has 0 spiro atoms. The molecule has 4 aromatic rings. The molecule has 0 heterocycles. The number of hydrogen-bond donors (Lipinski definition) is 0. The molecule has 0 aliphatic carbocycles. The molecule has 0 radical (unpaired) electrons. The van der Waals surface area contributed by atoms with Crippen LogP contribution in [-0.2, 0) is 20.9 Å². The third-order valence-electron chi connectivity index (χ3n) is 5.57. The summed E-state index contributed by atoms with van der Waals surface area (Å²) in [6.45, 7) is 0.608. The molecule has 34 heavy (non-hydrogen) atoms. The van der Waals surface area contributed by atoms with Gasteiger partial charge in [0, 0.05) is 0 Å². The minimum atomic E-state index is -2.05. The highest BCUT2D eigenvalue weighted by Gasteiger charge is 2.45. The van der Waals surface area contributed by atoms with Gasteiger partial charge in [-0.05, 0) is 42.0 Å². The van der Waals surface area contributed by atoms with Crippen molar-refractivity contribution < 1.29 is 26.7 Å². The van der Waals surface area contributed by atoms with Crippen LogP contribution in [0.15, 0.2) is 121 Å². The van der Waals surface area contributed by atoms with Crippen LogP contribution in [0.25, 0.3) is 0 Å². The Balaban J connectivity index is 0.00000324. The van der Waals surface area contributed by atoms with Crippen molar-refractivity contribution in [3.05, 3.63) is 127 Å². The number of benzene rings is 4. The van der Waals surface area contributed by atoms with Crippen molar-refractivity contribution in [1.82, 2.24) is 0 Å². The van der Waals surface area contributed by atoms with Crippen LogP contribution in [0.1, 0.15) is 12.0 Å². The molecule has 4 aromatic carbocycles. The van der Waals surface area contributed by atoms with E-state index in [9.17, 15) is 4.79 Å². The molecule has 0 saturated heterocycles. The summed E-state index contributed by atoms with van der Waals surface area (Å²) < 4.78 is 11.6. The number of carbonyl (C=O) groups excluding carboxylic acids is 1. The monoisotopic (exact) mass is 490 g/mol. The number of hydrogen-bond acceptors (Lipinski definition) is 3. The van der Waals surface area contributed by atoms with E-state index >= 15 is 0 Å². The van der Waals surface area contributed by atoms with E-state index in [-0.39, 0.29) is 31.4 Å². The van der Waals surface area contributed by atoms with Gasteiger partial charge in [0.05, 0.1) is 13.0 Å². The maximum Gasteiger partial charge on any atom is 0.308 e. The quantitative estimate of drug-likeness (QED) is 0.194. The Kier molecular flexibility index (Phi) is 9.85. The molecule has 0 unspecified atom stereocenters. The molecule has 0 aliphatic rings. The first-order valence-corrected chi connectivity index (χ1v) is 13.1. The van der Waals surface area contributed by atoms with Crippen LogP contribution in [0.3, 0.4) is 0 Å². The maximum absolute atomic E-state index is 12.3. The Morgan fingerprint density at radius 2 is 1.03 bits per heavy atom. The fraction of sp³-hybridized carbons (Fsp3) is 0.138. The van der Waals surface area contributed by atoms with Crippen molar-refractivity contribution in [2.24, 2.45) is 0 Å². The molecule has 0 N–H and O–H groups in total. The van der Waals surface area contributed by atoms with Crippen molar-refractivity contribution in [2.45, 2.75) is 13.0 Å². The van der Waals surface area contributed by atoms with Gasteiger partial charge in [-0.1, -0.05) is 84.9 Å². The van der Waals surface area contributed by atoms with Crippen LogP contribution in [0, 0.1) is 0 Å². The minimum absolute atomic E-state index is 0.